The zero-order valence-corrected chi connectivity index (χ0v) is 16.9. The summed E-state index contributed by atoms with van der Waals surface area (Å²) in [5.74, 6) is -7.70. The van der Waals surface area contributed by atoms with Crippen LogP contribution >= 0.6 is 0 Å². The van der Waals surface area contributed by atoms with Gasteiger partial charge in [0.25, 0.3) is 0 Å². The van der Waals surface area contributed by atoms with Crippen molar-refractivity contribution in [3.63, 3.8) is 0 Å². The Morgan fingerprint density at radius 3 is 2.00 bits per heavy atom. The molecule has 0 N–H and O–H groups in total. The van der Waals surface area contributed by atoms with Crippen molar-refractivity contribution in [3.8, 4) is 0 Å². The Morgan fingerprint density at radius 1 is 0.933 bits per heavy atom. The molecule has 2 fully saturated rings. The number of alkyl halides is 3. The monoisotopic (exact) mass is 440 g/mol. The molecule has 0 aromatic carbocycles. The number of rotatable bonds is 5. The first-order valence-electron chi connectivity index (χ1n) is 10.6. The summed E-state index contributed by atoms with van der Waals surface area (Å²) in [6.45, 7) is 2.22. The fraction of sp³-hybridized carbons (Fsp3) is 0.727. The summed E-state index contributed by atoms with van der Waals surface area (Å²) < 4.78 is 100. The number of halogens is 7. The lowest BCUT2D eigenvalue weighted by Crippen LogP contribution is -2.28. The molecule has 0 saturated heterocycles. The van der Waals surface area contributed by atoms with Gasteiger partial charge in [0.1, 0.15) is 11.6 Å². The smallest absolute Gasteiger partial charge is 0.431 e. The van der Waals surface area contributed by atoms with Crippen LogP contribution in [0, 0.1) is 23.7 Å². The first-order valence-corrected chi connectivity index (χ1v) is 10.6. The van der Waals surface area contributed by atoms with Gasteiger partial charge in [0.2, 0.25) is 5.83 Å². The van der Waals surface area contributed by atoms with Crippen LogP contribution in [0.4, 0.5) is 30.7 Å². The third kappa shape index (κ3) is 5.22. The van der Waals surface area contributed by atoms with Gasteiger partial charge in [0.15, 0.2) is 17.8 Å². The molecule has 3 rings (SSSR count). The highest BCUT2D eigenvalue weighted by atomic mass is 19.3. The van der Waals surface area contributed by atoms with Crippen LogP contribution in [0.2, 0.25) is 0 Å². The molecule has 0 amide bonds. The molecule has 2 saturated carbocycles. The van der Waals surface area contributed by atoms with Crippen molar-refractivity contribution >= 4 is 0 Å². The SMILES string of the molecule is CC1CCC(C2CCC(/C(F)=C(\F)C(F)(F)OC3=CC(F)=C(F)C(F)C3)CC2)CC1. The van der Waals surface area contributed by atoms with Crippen LogP contribution in [0.1, 0.15) is 64.7 Å². The van der Waals surface area contributed by atoms with Gasteiger partial charge in [-0.1, -0.05) is 19.8 Å². The number of hydrogen-bond donors (Lipinski definition) is 0. The van der Waals surface area contributed by atoms with Gasteiger partial charge in [-0.2, -0.15) is 13.2 Å². The van der Waals surface area contributed by atoms with Crippen molar-refractivity contribution in [1.82, 2.24) is 0 Å². The van der Waals surface area contributed by atoms with Gasteiger partial charge in [0, 0.05) is 18.4 Å². The average molecular weight is 440 g/mol. The standard InChI is InChI=1S/C22H27F7O/c1-12-2-4-13(5-3-12)14-6-8-15(9-7-14)19(25)21(27)22(28,29)30-16-10-17(23)20(26)18(24)11-16/h10,12-15,18H,2-9,11H2,1H3/b21-19+. The Hall–Kier alpha value is -1.47. The number of ether oxygens (including phenoxy) is 1. The van der Waals surface area contributed by atoms with E-state index in [4.69, 9.17) is 0 Å². The zero-order chi connectivity index (χ0) is 22.1. The maximum absolute atomic E-state index is 14.5. The highest BCUT2D eigenvalue weighted by molar-refractivity contribution is 5.27. The Balaban J connectivity index is 1.61. The lowest BCUT2D eigenvalue weighted by atomic mass is 9.69. The van der Waals surface area contributed by atoms with Gasteiger partial charge in [-0.25, -0.2) is 17.6 Å². The minimum Gasteiger partial charge on any atom is -0.431 e. The minimum atomic E-state index is -4.72. The van der Waals surface area contributed by atoms with E-state index in [1.54, 1.807) is 0 Å². The predicted octanol–water partition coefficient (Wildman–Crippen LogP) is 8.16. The molecule has 170 valence electrons. The maximum Gasteiger partial charge on any atom is 0.456 e. The minimum absolute atomic E-state index is 0.223. The summed E-state index contributed by atoms with van der Waals surface area (Å²) in [4.78, 5) is 0. The van der Waals surface area contributed by atoms with Gasteiger partial charge >= 0.3 is 6.11 Å². The Kier molecular flexibility index (Phi) is 7.23. The van der Waals surface area contributed by atoms with Crippen LogP contribution in [0.3, 0.4) is 0 Å². The first-order chi connectivity index (χ1) is 14.1. The fourth-order valence-corrected chi connectivity index (χ4v) is 4.89. The molecule has 3 aliphatic rings. The Bertz CT molecular complexity index is 711. The third-order valence-electron chi connectivity index (χ3n) is 6.75. The molecule has 1 nitrogen and oxygen atoms in total. The number of allylic oxidation sites excluding steroid dienone is 5. The average Bonchev–Trinajstić information content (AvgIpc) is 2.71. The molecule has 1 atom stereocenters. The molecular formula is C22H27F7O. The maximum atomic E-state index is 14.5. The molecule has 3 aliphatic carbocycles. The first kappa shape index (κ1) is 23.2. The van der Waals surface area contributed by atoms with Gasteiger partial charge in [0.05, 0.1) is 0 Å². The molecule has 0 radical (unpaired) electrons. The van der Waals surface area contributed by atoms with Crippen molar-refractivity contribution in [2.75, 3.05) is 0 Å². The molecule has 0 aromatic rings. The normalized spacial score (nSPS) is 34.4. The van der Waals surface area contributed by atoms with E-state index < -0.39 is 53.7 Å². The van der Waals surface area contributed by atoms with Crippen LogP contribution in [0.25, 0.3) is 0 Å². The molecule has 8 heteroatoms. The quantitative estimate of drug-likeness (QED) is 0.392. The second-order valence-corrected chi connectivity index (χ2v) is 8.89. The fourth-order valence-electron chi connectivity index (χ4n) is 4.89. The number of hydrogen-bond acceptors (Lipinski definition) is 1. The van der Waals surface area contributed by atoms with Gasteiger partial charge < -0.3 is 4.74 Å². The van der Waals surface area contributed by atoms with Gasteiger partial charge in [-0.15, -0.1) is 0 Å². The lowest BCUT2D eigenvalue weighted by molar-refractivity contribution is -0.199. The molecule has 0 aliphatic heterocycles. The van der Waals surface area contributed by atoms with E-state index in [1.165, 1.54) is 0 Å². The van der Waals surface area contributed by atoms with Crippen molar-refractivity contribution in [2.24, 2.45) is 23.7 Å². The molecule has 1 unspecified atom stereocenters. The second-order valence-electron chi connectivity index (χ2n) is 8.89. The molecule has 0 heterocycles. The molecular weight excluding hydrogens is 413 g/mol. The summed E-state index contributed by atoms with van der Waals surface area (Å²) in [7, 11) is 0. The van der Waals surface area contributed by atoms with E-state index in [0.717, 1.165) is 25.7 Å². The van der Waals surface area contributed by atoms with Gasteiger partial charge in [-0.3, -0.25) is 0 Å². The highest BCUT2D eigenvalue weighted by Crippen LogP contribution is 2.45. The topological polar surface area (TPSA) is 9.23 Å². The van der Waals surface area contributed by atoms with Crippen LogP contribution in [0.15, 0.2) is 35.1 Å². The summed E-state index contributed by atoms with van der Waals surface area (Å²) in [5, 5.41) is 0. The highest BCUT2D eigenvalue weighted by Gasteiger charge is 2.45. The Labute approximate surface area is 172 Å². The summed E-state index contributed by atoms with van der Waals surface area (Å²) in [5.41, 5.74) is 0. The zero-order valence-electron chi connectivity index (χ0n) is 16.9. The van der Waals surface area contributed by atoms with Gasteiger partial charge in [-0.05, 0) is 56.3 Å². The summed E-state index contributed by atoms with van der Waals surface area (Å²) in [6, 6.07) is 0. The van der Waals surface area contributed by atoms with Crippen molar-refractivity contribution in [3.05, 3.63) is 35.1 Å². The van der Waals surface area contributed by atoms with E-state index in [9.17, 15) is 30.7 Å². The van der Waals surface area contributed by atoms with Crippen molar-refractivity contribution in [2.45, 2.75) is 77.0 Å². The van der Waals surface area contributed by atoms with Crippen molar-refractivity contribution in [1.29, 1.82) is 0 Å². The van der Waals surface area contributed by atoms with Crippen LogP contribution in [0.5, 0.6) is 0 Å². The predicted molar refractivity (Wildman–Crippen MR) is 98.7 cm³/mol. The van der Waals surface area contributed by atoms with E-state index in [0.29, 0.717) is 30.6 Å². The lowest BCUT2D eigenvalue weighted by Gasteiger charge is -2.37. The molecule has 0 aromatic heterocycles. The van der Waals surface area contributed by atoms with Crippen molar-refractivity contribution < 1.29 is 35.5 Å². The van der Waals surface area contributed by atoms with E-state index in [-0.39, 0.29) is 18.9 Å². The molecule has 30 heavy (non-hydrogen) atoms. The van der Waals surface area contributed by atoms with E-state index >= 15 is 0 Å². The van der Waals surface area contributed by atoms with Crippen LogP contribution in [-0.2, 0) is 4.74 Å². The van der Waals surface area contributed by atoms with Crippen LogP contribution < -0.4 is 0 Å². The second kappa shape index (κ2) is 9.35. The largest absolute Gasteiger partial charge is 0.456 e. The van der Waals surface area contributed by atoms with E-state index in [1.807, 2.05) is 0 Å². The van der Waals surface area contributed by atoms with Crippen LogP contribution in [-0.4, -0.2) is 12.3 Å². The molecule has 0 bridgehead atoms. The third-order valence-corrected chi connectivity index (χ3v) is 6.75. The molecule has 0 spiro atoms. The summed E-state index contributed by atoms with van der Waals surface area (Å²) >= 11 is 0. The summed E-state index contributed by atoms with van der Waals surface area (Å²) in [6.07, 6.45) is -1.63. The van der Waals surface area contributed by atoms with E-state index in [2.05, 4.69) is 11.7 Å². The Morgan fingerprint density at radius 2 is 1.47 bits per heavy atom.